The van der Waals surface area contributed by atoms with Crippen LogP contribution < -0.4 is 9.47 Å². The molecule has 0 aliphatic rings. The molecule has 0 aliphatic heterocycles. The van der Waals surface area contributed by atoms with E-state index in [1.165, 1.54) is 0 Å². The molecule has 0 radical (unpaired) electrons. The lowest BCUT2D eigenvalue weighted by atomic mass is 10.0. The maximum atomic E-state index is 5.72. The highest BCUT2D eigenvalue weighted by Gasteiger charge is 2.16. The molecular weight excluding hydrogens is 388 g/mol. The van der Waals surface area contributed by atoms with Gasteiger partial charge in [-0.3, -0.25) is 0 Å². The van der Waals surface area contributed by atoms with Crippen LogP contribution in [0, 0.1) is 0 Å². The van der Waals surface area contributed by atoms with Crippen LogP contribution in [-0.2, 0) is 0 Å². The molecule has 0 unspecified atom stereocenters. The van der Waals surface area contributed by atoms with Crippen molar-refractivity contribution in [3.63, 3.8) is 0 Å². The number of aromatic nitrogens is 4. The van der Waals surface area contributed by atoms with Crippen molar-refractivity contribution in [1.29, 1.82) is 0 Å². The van der Waals surface area contributed by atoms with E-state index < -0.39 is 0 Å². The molecule has 158 valence electrons. The average molecular weight is 415 g/mol. The summed E-state index contributed by atoms with van der Waals surface area (Å²) in [5, 5.41) is 4.31. The van der Waals surface area contributed by atoms with Crippen LogP contribution in [0.25, 0.3) is 39.9 Å². The minimum Gasteiger partial charge on any atom is -0.494 e. The zero-order valence-corrected chi connectivity index (χ0v) is 17.9. The van der Waals surface area contributed by atoms with Gasteiger partial charge in [-0.05, 0) is 61.4 Å². The number of hydrogen-bond acceptors (Lipinski definition) is 5. The van der Waals surface area contributed by atoms with Gasteiger partial charge in [0.2, 0.25) is 0 Å². The Balaban J connectivity index is 1.79. The van der Waals surface area contributed by atoms with Gasteiger partial charge in [-0.1, -0.05) is 20.4 Å². The molecule has 2 heterocycles. The molecule has 0 bridgehead atoms. The van der Waals surface area contributed by atoms with Gasteiger partial charge in [0.25, 0.3) is 0 Å². The van der Waals surface area contributed by atoms with Crippen LogP contribution in [0.4, 0.5) is 0 Å². The molecule has 0 atom stereocenters. The smallest absolute Gasteiger partial charge is 0.181 e. The second kappa shape index (κ2) is 9.43. The molecule has 31 heavy (non-hydrogen) atoms. The molecule has 0 N–H and O–H groups in total. The molecule has 0 fully saturated rings. The Kier molecular flexibility index (Phi) is 6.26. The number of fused-ring (bicyclic) bond motifs is 1. The summed E-state index contributed by atoms with van der Waals surface area (Å²) in [4.78, 5) is 9.80. The summed E-state index contributed by atoms with van der Waals surface area (Å²) in [6.07, 6.45) is 5.27. The topological polar surface area (TPSA) is 62.1 Å². The first-order valence-electron chi connectivity index (χ1n) is 10.6. The van der Waals surface area contributed by atoms with Crippen molar-refractivity contribution in [2.24, 2.45) is 0 Å². The van der Waals surface area contributed by atoms with Crippen molar-refractivity contribution in [3.05, 3.63) is 61.3 Å². The predicted molar refractivity (Wildman–Crippen MR) is 124 cm³/mol. The lowest BCUT2D eigenvalue weighted by Crippen LogP contribution is -1.99. The molecule has 0 aliphatic carbocycles. The fourth-order valence-electron chi connectivity index (χ4n) is 3.26. The van der Waals surface area contributed by atoms with Crippen LogP contribution in [0.3, 0.4) is 0 Å². The van der Waals surface area contributed by atoms with Gasteiger partial charge in [-0.25, -0.2) is 14.6 Å². The highest BCUT2D eigenvalue weighted by Crippen LogP contribution is 2.32. The molecule has 2 aromatic heterocycles. The molecule has 0 saturated carbocycles. The number of nitrogens with zero attached hydrogens (tertiary/aromatic N) is 4. The minimum absolute atomic E-state index is 0.669. The number of benzene rings is 2. The van der Waals surface area contributed by atoms with Gasteiger partial charge in [0.1, 0.15) is 17.0 Å². The maximum absolute atomic E-state index is 5.72. The molecule has 6 nitrogen and oxygen atoms in total. The van der Waals surface area contributed by atoms with Gasteiger partial charge in [0, 0.05) is 17.3 Å². The van der Waals surface area contributed by atoms with Crippen molar-refractivity contribution in [3.8, 4) is 34.0 Å². The van der Waals surface area contributed by atoms with Gasteiger partial charge < -0.3 is 9.47 Å². The van der Waals surface area contributed by atoms with Gasteiger partial charge in [-0.15, -0.1) is 0 Å². The largest absolute Gasteiger partial charge is 0.494 e. The lowest BCUT2D eigenvalue weighted by Gasteiger charge is -2.11. The van der Waals surface area contributed by atoms with Crippen molar-refractivity contribution in [2.45, 2.75) is 26.7 Å². The third-order valence-corrected chi connectivity index (χ3v) is 4.80. The fraction of sp³-hybridized carbons (Fsp3) is 0.240. The van der Waals surface area contributed by atoms with Crippen LogP contribution in [-0.4, -0.2) is 33.0 Å². The van der Waals surface area contributed by atoms with E-state index in [0.717, 1.165) is 46.9 Å². The summed E-state index contributed by atoms with van der Waals surface area (Å²) in [6, 6.07) is 15.9. The summed E-state index contributed by atoms with van der Waals surface area (Å²) in [7, 11) is 0. The Morgan fingerprint density at radius 1 is 0.806 bits per heavy atom. The monoisotopic (exact) mass is 414 g/mol. The standard InChI is InChI=1S/C25H26N4O2/c1-4-15-30-20-11-7-18(8-12-20)23-24(19-9-13-21(14-10-19)31-16-5-2)28-25-22(27-23)17-26-29(25)6-3/h6-14,17H,3-5,15-16H2,1-2H3. The van der Waals surface area contributed by atoms with Crippen LogP contribution in [0.5, 0.6) is 11.5 Å². The highest BCUT2D eigenvalue weighted by molar-refractivity contribution is 5.85. The van der Waals surface area contributed by atoms with Gasteiger partial charge in [-0.2, -0.15) is 5.10 Å². The lowest BCUT2D eigenvalue weighted by molar-refractivity contribution is 0.317. The van der Waals surface area contributed by atoms with E-state index >= 15 is 0 Å². The van der Waals surface area contributed by atoms with Crippen LogP contribution >= 0.6 is 0 Å². The predicted octanol–water partition coefficient (Wildman–Crippen LogP) is 5.84. The average Bonchev–Trinajstić information content (AvgIpc) is 3.23. The highest BCUT2D eigenvalue weighted by atomic mass is 16.5. The van der Waals surface area contributed by atoms with Crippen molar-refractivity contribution < 1.29 is 9.47 Å². The van der Waals surface area contributed by atoms with E-state index in [4.69, 9.17) is 19.4 Å². The number of hydrogen-bond donors (Lipinski definition) is 0. The second-order valence-electron chi connectivity index (χ2n) is 7.15. The van der Waals surface area contributed by atoms with E-state index in [1.54, 1.807) is 17.1 Å². The summed E-state index contributed by atoms with van der Waals surface area (Å²) in [5.41, 5.74) is 4.87. The Morgan fingerprint density at radius 2 is 1.32 bits per heavy atom. The van der Waals surface area contributed by atoms with E-state index in [0.29, 0.717) is 24.4 Å². The maximum Gasteiger partial charge on any atom is 0.181 e. The molecule has 0 saturated heterocycles. The van der Waals surface area contributed by atoms with Crippen molar-refractivity contribution >= 4 is 17.4 Å². The number of ether oxygens (including phenoxy) is 2. The summed E-state index contributed by atoms with van der Waals surface area (Å²) >= 11 is 0. The molecule has 6 heteroatoms. The minimum atomic E-state index is 0.669. The zero-order valence-electron chi connectivity index (χ0n) is 17.9. The fourth-order valence-corrected chi connectivity index (χ4v) is 3.26. The normalized spacial score (nSPS) is 10.9. The second-order valence-corrected chi connectivity index (χ2v) is 7.15. The Labute approximate surface area is 182 Å². The Morgan fingerprint density at radius 3 is 1.81 bits per heavy atom. The molecule has 0 spiro atoms. The molecule has 0 amide bonds. The van der Waals surface area contributed by atoms with Crippen LogP contribution in [0.15, 0.2) is 61.3 Å². The SMILES string of the molecule is C=Cn1ncc2nc(-c3ccc(OCCC)cc3)c(-c3ccc(OCCC)cc3)nc21. The summed E-state index contributed by atoms with van der Waals surface area (Å²) in [6.45, 7) is 9.39. The van der Waals surface area contributed by atoms with Gasteiger partial charge in [0.05, 0.1) is 30.8 Å². The summed E-state index contributed by atoms with van der Waals surface area (Å²) in [5.74, 6) is 1.69. The Hall–Kier alpha value is -3.67. The summed E-state index contributed by atoms with van der Waals surface area (Å²) < 4.78 is 13.1. The van der Waals surface area contributed by atoms with Crippen LogP contribution in [0.2, 0.25) is 0 Å². The number of rotatable bonds is 9. The molecule has 2 aromatic carbocycles. The molecular formula is C25H26N4O2. The van der Waals surface area contributed by atoms with E-state index in [-0.39, 0.29) is 0 Å². The first kappa shape index (κ1) is 20.6. The quantitative estimate of drug-likeness (QED) is 0.344. The van der Waals surface area contributed by atoms with E-state index in [2.05, 4.69) is 25.5 Å². The van der Waals surface area contributed by atoms with E-state index in [9.17, 15) is 0 Å². The Bertz CT molecular complexity index is 1160. The van der Waals surface area contributed by atoms with Gasteiger partial charge in [0.15, 0.2) is 5.65 Å². The molecule has 4 rings (SSSR count). The van der Waals surface area contributed by atoms with Crippen molar-refractivity contribution in [2.75, 3.05) is 13.2 Å². The van der Waals surface area contributed by atoms with Crippen molar-refractivity contribution in [1.82, 2.24) is 19.7 Å². The first-order valence-corrected chi connectivity index (χ1v) is 10.6. The molecule has 4 aromatic rings. The van der Waals surface area contributed by atoms with Crippen LogP contribution in [0.1, 0.15) is 26.7 Å². The zero-order chi connectivity index (χ0) is 21.6. The third-order valence-electron chi connectivity index (χ3n) is 4.80. The first-order chi connectivity index (χ1) is 15.2. The van der Waals surface area contributed by atoms with E-state index in [1.807, 2.05) is 48.5 Å². The van der Waals surface area contributed by atoms with Gasteiger partial charge >= 0.3 is 0 Å². The third kappa shape index (κ3) is 4.43.